The van der Waals surface area contributed by atoms with Gasteiger partial charge >= 0.3 is 0 Å². The van der Waals surface area contributed by atoms with E-state index in [2.05, 4.69) is 25.3 Å². The number of rotatable bonds is 2. The van der Waals surface area contributed by atoms with Gasteiger partial charge in [0.2, 0.25) is 10.2 Å². The molecule has 5 heteroatoms. The number of hydrogen-bond acceptors (Lipinski definition) is 2. The van der Waals surface area contributed by atoms with Crippen LogP contribution in [-0.4, -0.2) is 10.2 Å². The van der Waals surface area contributed by atoms with E-state index in [1.54, 1.807) is 36.4 Å². The van der Waals surface area contributed by atoms with Gasteiger partial charge in [0.25, 0.3) is 0 Å². The van der Waals surface area contributed by atoms with Crippen LogP contribution in [0.5, 0.6) is 0 Å². The lowest BCUT2D eigenvalue weighted by atomic mass is 10.2. The molecule has 0 aliphatic heterocycles. The van der Waals surface area contributed by atoms with E-state index in [0.717, 1.165) is 0 Å². The Kier molecular flexibility index (Phi) is 14.1. The molecular weight excluding hydrogens is 336 g/mol. The summed E-state index contributed by atoms with van der Waals surface area (Å²) in [6.45, 7) is 4.00. The molecule has 2 aromatic carbocycles. The molecule has 0 saturated heterocycles. The highest BCUT2D eigenvalue weighted by atomic mass is 35.5. The molecule has 0 heterocycles. The maximum atomic E-state index is 10.6. The molecule has 0 spiro atoms. The second kappa shape index (κ2) is 13.4. The van der Waals surface area contributed by atoms with Gasteiger partial charge < -0.3 is 0 Å². The highest BCUT2D eigenvalue weighted by molar-refractivity contribution is 7.97. The predicted molar refractivity (Wildman–Crippen MR) is 103 cm³/mol. The summed E-state index contributed by atoms with van der Waals surface area (Å²) < 4.78 is 0. The zero-order valence-corrected chi connectivity index (χ0v) is 14.3. The summed E-state index contributed by atoms with van der Waals surface area (Å²) in [6.07, 6.45) is 0. The average molecular weight is 357 g/mol. The van der Waals surface area contributed by atoms with Gasteiger partial charge in [0, 0.05) is 11.1 Å². The maximum absolute atomic E-state index is 10.6. The molecule has 0 atom stereocenters. The van der Waals surface area contributed by atoms with Gasteiger partial charge in [-0.05, 0) is 12.1 Å². The van der Waals surface area contributed by atoms with Crippen molar-refractivity contribution in [3.8, 4) is 0 Å². The fraction of sp³-hybridized carbons (Fsp3) is 0.176. The predicted octanol–water partition coefficient (Wildman–Crippen LogP) is 5.83. The normalized spacial score (nSPS) is 8.23. The SMILES string of the molecule is C.CC.O=C(S)c1ccccc1.O=C(S)c1ccccc1Cl. The number of carbonyl (C=O) groups is 2. The summed E-state index contributed by atoms with van der Waals surface area (Å²) >= 11 is 12.9. The van der Waals surface area contributed by atoms with E-state index in [1.165, 1.54) is 0 Å². The van der Waals surface area contributed by atoms with Gasteiger partial charge in [0.1, 0.15) is 0 Å². The van der Waals surface area contributed by atoms with E-state index >= 15 is 0 Å². The van der Waals surface area contributed by atoms with Crippen LogP contribution in [0.3, 0.4) is 0 Å². The molecule has 22 heavy (non-hydrogen) atoms. The number of carbonyl (C=O) groups excluding carboxylic acids is 2. The van der Waals surface area contributed by atoms with Crippen molar-refractivity contribution in [2.24, 2.45) is 0 Å². The van der Waals surface area contributed by atoms with Crippen LogP contribution in [0.25, 0.3) is 0 Å². The van der Waals surface area contributed by atoms with Crippen molar-refractivity contribution in [1.29, 1.82) is 0 Å². The fourth-order valence-corrected chi connectivity index (χ4v) is 1.85. The first-order valence-corrected chi connectivity index (χ1v) is 7.55. The Morgan fingerprint density at radius 2 is 1.27 bits per heavy atom. The Hall–Kier alpha value is -1.23. The number of halogens is 1. The Morgan fingerprint density at radius 1 is 0.818 bits per heavy atom. The van der Waals surface area contributed by atoms with Crippen LogP contribution >= 0.6 is 36.9 Å². The second-order valence-corrected chi connectivity index (χ2v) is 4.68. The molecule has 0 saturated carbocycles. The first kappa shape index (κ1) is 23.0. The zero-order chi connectivity index (χ0) is 16.3. The van der Waals surface area contributed by atoms with Crippen LogP contribution in [-0.2, 0) is 0 Å². The Morgan fingerprint density at radius 3 is 1.59 bits per heavy atom. The summed E-state index contributed by atoms with van der Waals surface area (Å²) in [5.41, 5.74) is 1.09. The first-order valence-electron chi connectivity index (χ1n) is 6.28. The molecule has 0 bridgehead atoms. The minimum atomic E-state index is -0.300. The molecule has 0 amide bonds. The molecule has 0 radical (unpaired) electrons. The molecule has 0 aromatic heterocycles. The third-order valence-corrected chi connectivity index (χ3v) is 2.95. The molecule has 2 rings (SSSR count). The summed E-state index contributed by atoms with van der Waals surface area (Å²) in [7, 11) is 0. The van der Waals surface area contributed by atoms with Gasteiger partial charge in [0.15, 0.2) is 0 Å². The van der Waals surface area contributed by atoms with Crippen molar-refractivity contribution in [2.45, 2.75) is 21.3 Å². The molecule has 2 nitrogen and oxygen atoms in total. The molecule has 0 fully saturated rings. The molecule has 120 valence electrons. The average Bonchev–Trinajstić information content (AvgIpc) is 2.51. The van der Waals surface area contributed by atoms with Crippen LogP contribution in [0.4, 0.5) is 0 Å². The van der Waals surface area contributed by atoms with E-state index in [9.17, 15) is 9.59 Å². The van der Waals surface area contributed by atoms with E-state index in [1.807, 2.05) is 32.0 Å². The van der Waals surface area contributed by atoms with Gasteiger partial charge in [-0.1, -0.05) is 75.3 Å². The van der Waals surface area contributed by atoms with Crippen molar-refractivity contribution in [2.75, 3.05) is 0 Å². The Bertz CT molecular complexity index is 572. The van der Waals surface area contributed by atoms with Crippen molar-refractivity contribution in [3.05, 3.63) is 70.7 Å². The monoisotopic (exact) mass is 356 g/mol. The lowest BCUT2D eigenvalue weighted by Crippen LogP contribution is -1.88. The Labute approximate surface area is 148 Å². The minimum Gasteiger partial charge on any atom is -0.282 e. The molecule has 0 aliphatic rings. The van der Waals surface area contributed by atoms with Gasteiger partial charge in [0.05, 0.1) is 5.02 Å². The molecule has 0 N–H and O–H groups in total. The molecule has 0 aliphatic carbocycles. The highest BCUT2D eigenvalue weighted by Gasteiger charge is 2.02. The number of thiol groups is 2. The van der Waals surface area contributed by atoms with Gasteiger partial charge in [-0.15, -0.1) is 25.3 Å². The lowest BCUT2D eigenvalue weighted by molar-refractivity contribution is 0.108. The van der Waals surface area contributed by atoms with E-state index in [4.69, 9.17) is 11.6 Å². The smallest absolute Gasteiger partial charge is 0.217 e. The zero-order valence-electron chi connectivity index (χ0n) is 11.8. The van der Waals surface area contributed by atoms with Crippen LogP contribution < -0.4 is 0 Å². The fourth-order valence-electron chi connectivity index (χ4n) is 1.22. The second-order valence-electron chi connectivity index (χ2n) is 3.46. The van der Waals surface area contributed by atoms with E-state index in [-0.39, 0.29) is 17.7 Å². The van der Waals surface area contributed by atoms with Crippen molar-refractivity contribution < 1.29 is 9.59 Å². The van der Waals surface area contributed by atoms with Gasteiger partial charge in [-0.25, -0.2) is 0 Å². The molecule has 0 unspecified atom stereocenters. The topological polar surface area (TPSA) is 34.1 Å². The third kappa shape index (κ3) is 8.93. The number of benzene rings is 2. The van der Waals surface area contributed by atoms with Crippen LogP contribution in [0, 0.1) is 0 Å². The minimum absolute atomic E-state index is 0. The van der Waals surface area contributed by atoms with Crippen molar-refractivity contribution in [3.63, 3.8) is 0 Å². The van der Waals surface area contributed by atoms with Crippen LogP contribution in [0.2, 0.25) is 5.02 Å². The van der Waals surface area contributed by atoms with Crippen LogP contribution in [0.15, 0.2) is 54.6 Å². The van der Waals surface area contributed by atoms with E-state index in [0.29, 0.717) is 16.1 Å². The van der Waals surface area contributed by atoms with E-state index < -0.39 is 0 Å². The van der Waals surface area contributed by atoms with Crippen LogP contribution in [0.1, 0.15) is 42.0 Å². The van der Waals surface area contributed by atoms with Crippen molar-refractivity contribution in [1.82, 2.24) is 0 Å². The van der Waals surface area contributed by atoms with Gasteiger partial charge in [-0.3, -0.25) is 9.59 Å². The van der Waals surface area contributed by atoms with Gasteiger partial charge in [-0.2, -0.15) is 0 Å². The largest absolute Gasteiger partial charge is 0.282 e. The first-order chi connectivity index (χ1) is 10.0. The molecular formula is C17H21ClO2S2. The third-order valence-electron chi connectivity index (χ3n) is 2.13. The molecule has 2 aromatic rings. The Balaban J connectivity index is 0. The maximum Gasteiger partial charge on any atom is 0.217 e. The number of hydrogen-bond donors (Lipinski definition) is 2. The standard InChI is InChI=1S/C7H5ClOS.C7H6OS.C2H6.CH4/c8-6-4-2-1-3-5(6)7(9)10;8-7(9)6-4-2-1-3-5-6;1-2;/h1-4H,(H,9,10);1-5H,(H,8,9);1-2H3;1H4. The van der Waals surface area contributed by atoms with Crippen molar-refractivity contribution >= 4 is 47.1 Å². The lowest BCUT2D eigenvalue weighted by Gasteiger charge is -1.94. The summed E-state index contributed by atoms with van der Waals surface area (Å²) in [6, 6.07) is 15.7. The quantitative estimate of drug-likeness (QED) is 0.664. The summed E-state index contributed by atoms with van der Waals surface area (Å²) in [4.78, 5) is 21.2. The highest BCUT2D eigenvalue weighted by Crippen LogP contribution is 2.16. The summed E-state index contributed by atoms with van der Waals surface area (Å²) in [5, 5.41) is -0.0382. The summed E-state index contributed by atoms with van der Waals surface area (Å²) in [5.74, 6) is 0.